The molecular formula is C22H23ClFNO5. The number of halogens is 2. The summed E-state index contributed by atoms with van der Waals surface area (Å²) in [5.41, 5.74) is 0.823. The molecule has 0 aromatic heterocycles. The highest BCUT2D eigenvalue weighted by atomic mass is 35.5. The Balaban J connectivity index is 1.48. The van der Waals surface area contributed by atoms with Crippen molar-refractivity contribution < 1.29 is 28.1 Å². The zero-order valence-corrected chi connectivity index (χ0v) is 17.1. The SMILES string of the molecule is O=C(OCCCl)N1CCCC(COC2Oc3ccccc3O2)C1c1ccc(F)cc1. The van der Waals surface area contributed by atoms with Gasteiger partial charge in [-0.05, 0) is 42.7 Å². The molecule has 1 fully saturated rings. The van der Waals surface area contributed by atoms with Crippen molar-refractivity contribution in [3.63, 3.8) is 0 Å². The minimum absolute atomic E-state index is 0.0383. The first-order valence-electron chi connectivity index (χ1n) is 9.94. The summed E-state index contributed by atoms with van der Waals surface area (Å²) in [6.45, 7) is 0.146. The van der Waals surface area contributed by atoms with Crippen molar-refractivity contribution >= 4 is 17.7 Å². The largest absolute Gasteiger partial charge is 0.448 e. The molecule has 0 N–H and O–H groups in total. The monoisotopic (exact) mass is 435 g/mol. The zero-order valence-electron chi connectivity index (χ0n) is 16.3. The van der Waals surface area contributed by atoms with E-state index in [9.17, 15) is 9.18 Å². The third-order valence-electron chi connectivity index (χ3n) is 5.25. The molecule has 2 heterocycles. The van der Waals surface area contributed by atoms with E-state index in [0.29, 0.717) is 24.7 Å². The van der Waals surface area contributed by atoms with Gasteiger partial charge < -0.3 is 23.8 Å². The van der Waals surface area contributed by atoms with Gasteiger partial charge in [0.05, 0.1) is 18.5 Å². The number of piperidine rings is 1. The van der Waals surface area contributed by atoms with Crippen LogP contribution >= 0.6 is 11.6 Å². The summed E-state index contributed by atoms with van der Waals surface area (Å²) >= 11 is 5.66. The van der Waals surface area contributed by atoms with Gasteiger partial charge in [0.15, 0.2) is 11.5 Å². The van der Waals surface area contributed by atoms with Crippen LogP contribution in [-0.4, -0.2) is 43.1 Å². The van der Waals surface area contributed by atoms with Crippen LogP contribution in [0.25, 0.3) is 0 Å². The summed E-state index contributed by atoms with van der Waals surface area (Å²) in [5, 5.41) is 0. The Hall–Kier alpha value is -2.51. The molecule has 4 rings (SSSR count). The summed E-state index contributed by atoms with van der Waals surface area (Å²) in [6.07, 6.45) is 1.20. The van der Waals surface area contributed by atoms with E-state index in [4.69, 9.17) is 30.5 Å². The lowest BCUT2D eigenvalue weighted by Gasteiger charge is -2.41. The van der Waals surface area contributed by atoms with Crippen LogP contribution in [0, 0.1) is 11.7 Å². The Morgan fingerprint density at radius 1 is 1.13 bits per heavy atom. The fraction of sp³-hybridized carbons (Fsp3) is 0.409. The second kappa shape index (κ2) is 9.53. The average molecular weight is 436 g/mol. The van der Waals surface area contributed by atoms with Gasteiger partial charge in [0.1, 0.15) is 12.4 Å². The van der Waals surface area contributed by atoms with E-state index in [-0.39, 0.29) is 30.3 Å². The van der Waals surface area contributed by atoms with Gasteiger partial charge >= 0.3 is 12.6 Å². The van der Waals surface area contributed by atoms with Crippen molar-refractivity contribution in [3.8, 4) is 11.5 Å². The molecule has 2 atom stereocenters. The first-order valence-corrected chi connectivity index (χ1v) is 10.5. The number of alkyl halides is 1. The Morgan fingerprint density at radius 3 is 2.50 bits per heavy atom. The van der Waals surface area contributed by atoms with E-state index in [1.165, 1.54) is 12.1 Å². The quantitative estimate of drug-likeness (QED) is 0.614. The van der Waals surface area contributed by atoms with E-state index >= 15 is 0 Å². The zero-order chi connectivity index (χ0) is 20.9. The fourth-order valence-corrected chi connectivity index (χ4v) is 4.00. The predicted octanol–water partition coefficient (Wildman–Crippen LogP) is 4.73. The predicted molar refractivity (Wildman–Crippen MR) is 108 cm³/mol. The standard InChI is InChI=1S/C22H23ClFNO5/c23-11-13-27-21(26)25-12-3-4-16(20(25)15-7-9-17(24)10-8-15)14-28-22-29-18-5-1-2-6-19(18)30-22/h1-2,5-10,16,20,22H,3-4,11-14H2. The number of nitrogens with zero attached hydrogens (tertiary/aromatic N) is 1. The molecule has 0 saturated carbocycles. The Labute approximate surface area is 179 Å². The van der Waals surface area contributed by atoms with Crippen LogP contribution < -0.4 is 9.47 Å². The van der Waals surface area contributed by atoms with Crippen LogP contribution in [-0.2, 0) is 9.47 Å². The van der Waals surface area contributed by atoms with Gasteiger partial charge in [0.25, 0.3) is 0 Å². The van der Waals surface area contributed by atoms with Crippen LogP contribution in [0.5, 0.6) is 11.5 Å². The number of amides is 1. The van der Waals surface area contributed by atoms with Crippen LogP contribution in [0.3, 0.4) is 0 Å². The number of carbonyl (C=O) groups excluding carboxylic acids is 1. The second-order valence-corrected chi connectivity index (χ2v) is 7.58. The van der Waals surface area contributed by atoms with Crippen molar-refractivity contribution in [1.29, 1.82) is 0 Å². The maximum absolute atomic E-state index is 13.5. The van der Waals surface area contributed by atoms with Gasteiger partial charge in [-0.25, -0.2) is 9.18 Å². The van der Waals surface area contributed by atoms with Crippen LogP contribution in [0.2, 0.25) is 0 Å². The normalized spacial score (nSPS) is 20.9. The van der Waals surface area contributed by atoms with E-state index < -0.39 is 12.6 Å². The lowest BCUT2D eigenvalue weighted by Crippen LogP contribution is -2.45. The van der Waals surface area contributed by atoms with Gasteiger partial charge in [-0.3, -0.25) is 0 Å². The number of ether oxygens (including phenoxy) is 4. The molecule has 0 radical (unpaired) electrons. The van der Waals surface area contributed by atoms with Crippen LogP contribution in [0.4, 0.5) is 9.18 Å². The molecule has 0 spiro atoms. The molecule has 1 amide bonds. The summed E-state index contributed by atoms with van der Waals surface area (Å²) in [6, 6.07) is 13.2. The molecule has 8 heteroatoms. The minimum Gasteiger partial charge on any atom is -0.448 e. The first kappa shape index (κ1) is 20.8. The van der Waals surface area contributed by atoms with Crippen molar-refractivity contribution in [2.45, 2.75) is 25.4 Å². The first-order chi connectivity index (χ1) is 14.7. The van der Waals surface area contributed by atoms with Crippen molar-refractivity contribution in [3.05, 3.63) is 59.9 Å². The number of para-hydroxylation sites is 2. The van der Waals surface area contributed by atoms with Gasteiger partial charge in [0.2, 0.25) is 0 Å². The number of rotatable bonds is 6. The highest BCUT2D eigenvalue weighted by molar-refractivity contribution is 6.18. The highest BCUT2D eigenvalue weighted by Crippen LogP contribution is 2.38. The molecular weight excluding hydrogens is 413 g/mol. The van der Waals surface area contributed by atoms with E-state index in [1.54, 1.807) is 17.0 Å². The number of fused-ring (bicyclic) bond motifs is 1. The molecule has 160 valence electrons. The van der Waals surface area contributed by atoms with Crippen molar-refractivity contribution in [2.75, 3.05) is 25.6 Å². The van der Waals surface area contributed by atoms with Gasteiger partial charge in [-0.1, -0.05) is 24.3 Å². The molecule has 1 saturated heterocycles. The Kier molecular flexibility index (Phi) is 6.59. The Bertz CT molecular complexity index is 840. The van der Waals surface area contributed by atoms with E-state index in [1.807, 2.05) is 24.3 Å². The molecule has 2 aromatic rings. The smallest absolute Gasteiger partial charge is 0.410 e. The third kappa shape index (κ3) is 4.63. The number of benzene rings is 2. The molecule has 2 aromatic carbocycles. The highest BCUT2D eigenvalue weighted by Gasteiger charge is 2.37. The van der Waals surface area contributed by atoms with Crippen molar-refractivity contribution in [1.82, 2.24) is 4.90 Å². The third-order valence-corrected chi connectivity index (χ3v) is 5.40. The molecule has 6 nitrogen and oxygen atoms in total. The molecule has 2 aliphatic rings. The summed E-state index contributed by atoms with van der Waals surface area (Å²) in [7, 11) is 0. The minimum atomic E-state index is -0.838. The van der Waals surface area contributed by atoms with E-state index in [2.05, 4.69) is 0 Å². The fourth-order valence-electron chi connectivity index (χ4n) is 3.92. The lowest BCUT2D eigenvalue weighted by molar-refractivity contribution is -0.189. The lowest BCUT2D eigenvalue weighted by atomic mass is 9.85. The Morgan fingerprint density at radius 2 is 1.83 bits per heavy atom. The van der Waals surface area contributed by atoms with Crippen molar-refractivity contribution in [2.24, 2.45) is 5.92 Å². The average Bonchev–Trinajstić information content (AvgIpc) is 3.19. The molecule has 2 aliphatic heterocycles. The second-order valence-electron chi connectivity index (χ2n) is 7.20. The molecule has 2 unspecified atom stereocenters. The number of hydrogen-bond acceptors (Lipinski definition) is 5. The number of carbonyl (C=O) groups is 1. The van der Waals surface area contributed by atoms with E-state index in [0.717, 1.165) is 18.4 Å². The van der Waals surface area contributed by atoms with Gasteiger partial charge in [0, 0.05) is 12.5 Å². The number of hydrogen-bond donors (Lipinski definition) is 0. The van der Waals surface area contributed by atoms with Gasteiger partial charge in [-0.2, -0.15) is 0 Å². The summed E-state index contributed by atoms with van der Waals surface area (Å²) in [4.78, 5) is 14.3. The summed E-state index contributed by atoms with van der Waals surface area (Å²) < 4.78 is 36.0. The molecule has 30 heavy (non-hydrogen) atoms. The van der Waals surface area contributed by atoms with Crippen LogP contribution in [0.1, 0.15) is 24.4 Å². The summed E-state index contributed by atoms with van der Waals surface area (Å²) in [5.74, 6) is 1.12. The maximum atomic E-state index is 13.5. The van der Waals surface area contributed by atoms with Crippen LogP contribution in [0.15, 0.2) is 48.5 Å². The molecule has 0 bridgehead atoms. The van der Waals surface area contributed by atoms with Gasteiger partial charge in [-0.15, -0.1) is 11.6 Å². The topological polar surface area (TPSA) is 57.2 Å². The number of likely N-dealkylation sites (tertiary alicyclic amines) is 1. The maximum Gasteiger partial charge on any atom is 0.410 e. The molecule has 0 aliphatic carbocycles.